The third-order valence-electron chi connectivity index (χ3n) is 3.57. The Bertz CT molecular complexity index is 437. The summed E-state index contributed by atoms with van der Waals surface area (Å²) in [5.41, 5.74) is 0.701. The first-order valence-electron chi connectivity index (χ1n) is 5.99. The van der Waals surface area contributed by atoms with Crippen molar-refractivity contribution in [3.63, 3.8) is 0 Å². The highest BCUT2D eigenvalue weighted by atomic mass is 16.4. The van der Waals surface area contributed by atoms with Gasteiger partial charge in [-0.05, 0) is 43.7 Å². The molecule has 1 aromatic rings. The number of carbonyl (C=O) groups is 1. The van der Waals surface area contributed by atoms with Gasteiger partial charge in [-0.2, -0.15) is 5.26 Å². The molecule has 1 aliphatic carbocycles. The van der Waals surface area contributed by atoms with Crippen LogP contribution in [0.2, 0.25) is 0 Å². The fraction of sp³-hybridized carbons (Fsp3) is 0.538. The van der Waals surface area contributed by atoms with Crippen molar-refractivity contribution in [2.45, 2.75) is 38.1 Å². The van der Waals surface area contributed by atoms with Crippen molar-refractivity contribution in [3.05, 3.63) is 24.0 Å². The van der Waals surface area contributed by atoms with Crippen molar-refractivity contribution in [2.24, 2.45) is 5.92 Å². The molecular weight excluding hydrogens is 216 g/mol. The van der Waals surface area contributed by atoms with Gasteiger partial charge in [0, 0.05) is 18.7 Å². The highest BCUT2D eigenvalue weighted by Crippen LogP contribution is 2.34. The van der Waals surface area contributed by atoms with Crippen LogP contribution in [0.3, 0.4) is 0 Å². The van der Waals surface area contributed by atoms with Gasteiger partial charge in [0.15, 0.2) is 0 Å². The molecular formula is C13H16N2O2. The zero-order chi connectivity index (χ0) is 12.3. The summed E-state index contributed by atoms with van der Waals surface area (Å²) in [6.07, 6.45) is 6.06. The first-order chi connectivity index (χ1) is 8.20. The minimum absolute atomic E-state index is 0.281. The first-order valence-corrected chi connectivity index (χ1v) is 5.99. The average Bonchev–Trinajstić information content (AvgIpc) is 2.77. The van der Waals surface area contributed by atoms with Crippen LogP contribution < -0.4 is 0 Å². The minimum atomic E-state index is -0.702. The van der Waals surface area contributed by atoms with Gasteiger partial charge >= 0.3 is 5.97 Å². The molecule has 0 aromatic carbocycles. The van der Waals surface area contributed by atoms with Crippen LogP contribution in [0.4, 0.5) is 0 Å². The van der Waals surface area contributed by atoms with E-state index in [-0.39, 0.29) is 6.42 Å². The maximum Gasteiger partial charge on any atom is 0.303 e. The van der Waals surface area contributed by atoms with Gasteiger partial charge in [-0.1, -0.05) is 0 Å². The number of aromatic nitrogens is 1. The normalized spacial score (nSPS) is 24.2. The molecule has 0 aliphatic heterocycles. The SMILES string of the molecule is N#Cc1cccn1C1CCC(CC(=O)O)CC1. The molecule has 1 fully saturated rings. The van der Waals surface area contributed by atoms with Gasteiger partial charge in [0.25, 0.3) is 0 Å². The van der Waals surface area contributed by atoms with Crippen LogP contribution >= 0.6 is 0 Å². The van der Waals surface area contributed by atoms with E-state index >= 15 is 0 Å². The van der Waals surface area contributed by atoms with Gasteiger partial charge in [0.2, 0.25) is 0 Å². The number of hydrogen-bond donors (Lipinski definition) is 1. The average molecular weight is 232 g/mol. The maximum atomic E-state index is 10.6. The first kappa shape index (κ1) is 11.7. The Balaban J connectivity index is 1.96. The van der Waals surface area contributed by atoms with E-state index in [2.05, 4.69) is 6.07 Å². The number of aliphatic carboxylic acids is 1. The van der Waals surface area contributed by atoms with Crippen molar-refractivity contribution in [2.75, 3.05) is 0 Å². The Morgan fingerprint density at radius 2 is 2.18 bits per heavy atom. The molecule has 0 spiro atoms. The third kappa shape index (κ3) is 2.68. The molecule has 90 valence electrons. The topological polar surface area (TPSA) is 66.0 Å². The Kier molecular flexibility index (Phi) is 3.48. The fourth-order valence-corrected chi connectivity index (χ4v) is 2.68. The maximum absolute atomic E-state index is 10.6. The van der Waals surface area contributed by atoms with E-state index in [0.717, 1.165) is 25.7 Å². The van der Waals surface area contributed by atoms with Crippen molar-refractivity contribution in [3.8, 4) is 6.07 Å². The van der Waals surface area contributed by atoms with Crippen LogP contribution in [0, 0.1) is 17.2 Å². The molecule has 0 bridgehead atoms. The number of rotatable bonds is 3. The van der Waals surface area contributed by atoms with E-state index in [4.69, 9.17) is 10.4 Å². The molecule has 0 atom stereocenters. The number of hydrogen-bond acceptors (Lipinski definition) is 2. The molecule has 0 unspecified atom stereocenters. The van der Waals surface area contributed by atoms with Gasteiger partial charge in [0.1, 0.15) is 11.8 Å². The van der Waals surface area contributed by atoms with Crippen LogP contribution in [0.1, 0.15) is 43.8 Å². The summed E-state index contributed by atoms with van der Waals surface area (Å²) in [5, 5.41) is 17.7. The van der Waals surface area contributed by atoms with Crippen molar-refractivity contribution in [1.82, 2.24) is 4.57 Å². The van der Waals surface area contributed by atoms with Crippen LogP contribution in [-0.2, 0) is 4.79 Å². The highest BCUT2D eigenvalue weighted by Gasteiger charge is 2.24. The lowest BCUT2D eigenvalue weighted by Gasteiger charge is -2.29. The number of carboxylic acids is 1. The number of nitriles is 1. The van der Waals surface area contributed by atoms with Gasteiger partial charge in [-0.3, -0.25) is 4.79 Å². The predicted molar refractivity (Wildman–Crippen MR) is 62.4 cm³/mol. The van der Waals surface area contributed by atoms with Crippen LogP contribution in [0.25, 0.3) is 0 Å². The summed E-state index contributed by atoms with van der Waals surface area (Å²) in [4.78, 5) is 10.6. The summed E-state index contributed by atoms with van der Waals surface area (Å²) < 4.78 is 2.02. The van der Waals surface area contributed by atoms with Crippen LogP contribution in [0.5, 0.6) is 0 Å². The van der Waals surface area contributed by atoms with E-state index in [0.29, 0.717) is 17.7 Å². The monoisotopic (exact) mass is 232 g/mol. The van der Waals surface area contributed by atoms with E-state index in [1.807, 2.05) is 22.9 Å². The van der Waals surface area contributed by atoms with Gasteiger partial charge in [-0.15, -0.1) is 0 Å². The predicted octanol–water partition coefficient (Wildman–Crippen LogP) is 2.57. The highest BCUT2D eigenvalue weighted by molar-refractivity contribution is 5.67. The Labute approximate surface area is 100 Å². The van der Waals surface area contributed by atoms with Crippen molar-refractivity contribution >= 4 is 5.97 Å². The summed E-state index contributed by atoms with van der Waals surface area (Å²) in [5.74, 6) is -0.392. The molecule has 4 nitrogen and oxygen atoms in total. The van der Waals surface area contributed by atoms with E-state index in [1.165, 1.54) is 0 Å². The van der Waals surface area contributed by atoms with E-state index in [1.54, 1.807) is 0 Å². The second-order valence-corrected chi connectivity index (χ2v) is 4.68. The Morgan fingerprint density at radius 3 is 2.76 bits per heavy atom. The summed E-state index contributed by atoms with van der Waals surface area (Å²) in [7, 11) is 0. The second kappa shape index (κ2) is 5.05. The van der Waals surface area contributed by atoms with Gasteiger partial charge in [-0.25, -0.2) is 0 Å². The van der Waals surface area contributed by atoms with Crippen LogP contribution in [0.15, 0.2) is 18.3 Å². The van der Waals surface area contributed by atoms with E-state index < -0.39 is 5.97 Å². The molecule has 1 N–H and O–H groups in total. The smallest absolute Gasteiger partial charge is 0.303 e. The molecule has 17 heavy (non-hydrogen) atoms. The Morgan fingerprint density at radius 1 is 1.47 bits per heavy atom. The summed E-state index contributed by atoms with van der Waals surface area (Å²) in [6, 6.07) is 6.26. The quantitative estimate of drug-likeness (QED) is 0.870. The summed E-state index contributed by atoms with van der Waals surface area (Å²) in [6.45, 7) is 0. The molecule has 0 saturated heterocycles. The molecule has 1 saturated carbocycles. The zero-order valence-electron chi connectivity index (χ0n) is 9.67. The number of carboxylic acid groups (broad SMARTS) is 1. The standard InChI is InChI=1S/C13H16N2O2/c14-9-12-2-1-7-15(12)11-5-3-10(4-6-11)8-13(16)17/h1-2,7,10-11H,3-6,8H2,(H,16,17). The lowest BCUT2D eigenvalue weighted by molar-refractivity contribution is -0.138. The van der Waals surface area contributed by atoms with Crippen molar-refractivity contribution < 1.29 is 9.90 Å². The molecule has 0 amide bonds. The number of nitrogens with zero attached hydrogens (tertiary/aromatic N) is 2. The van der Waals surface area contributed by atoms with Crippen LogP contribution in [-0.4, -0.2) is 15.6 Å². The molecule has 1 aromatic heterocycles. The molecule has 1 aliphatic rings. The largest absolute Gasteiger partial charge is 0.481 e. The van der Waals surface area contributed by atoms with Gasteiger partial charge in [0.05, 0.1) is 0 Å². The molecule has 2 rings (SSSR count). The lowest BCUT2D eigenvalue weighted by atomic mass is 9.84. The van der Waals surface area contributed by atoms with E-state index in [9.17, 15) is 4.79 Å². The molecule has 0 radical (unpaired) electrons. The van der Waals surface area contributed by atoms with Gasteiger partial charge < -0.3 is 9.67 Å². The summed E-state index contributed by atoms with van der Waals surface area (Å²) >= 11 is 0. The minimum Gasteiger partial charge on any atom is -0.481 e. The fourth-order valence-electron chi connectivity index (χ4n) is 2.68. The molecule has 1 heterocycles. The molecule has 4 heteroatoms. The third-order valence-corrected chi connectivity index (χ3v) is 3.57. The zero-order valence-corrected chi connectivity index (χ0v) is 9.67. The lowest BCUT2D eigenvalue weighted by Crippen LogP contribution is -2.20. The Hall–Kier alpha value is -1.76. The second-order valence-electron chi connectivity index (χ2n) is 4.68. The van der Waals surface area contributed by atoms with Crippen molar-refractivity contribution in [1.29, 1.82) is 5.26 Å².